The van der Waals surface area contributed by atoms with Crippen molar-refractivity contribution in [1.82, 2.24) is 10.0 Å². The third-order valence-corrected chi connectivity index (χ3v) is 4.13. The highest BCUT2D eigenvalue weighted by molar-refractivity contribution is 7.89. The molecular weight excluding hydrogens is 260 g/mol. The van der Waals surface area contributed by atoms with Gasteiger partial charge in [-0.25, -0.2) is 13.1 Å². The zero-order chi connectivity index (χ0) is 14.3. The summed E-state index contributed by atoms with van der Waals surface area (Å²) >= 11 is 0. The Morgan fingerprint density at radius 3 is 2.58 bits per heavy atom. The van der Waals surface area contributed by atoms with E-state index in [1.807, 2.05) is 39.0 Å². The van der Waals surface area contributed by atoms with Gasteiger partial charge in [-0.15, -0.1) is 0 Å². The molecule has 0 aliphatic rings. The quantitative estimate of drug-likeness (QED) is 0.760. The van der Waals surface area contributed by atoms with Gasteiger partial charge in [-0.3, -0.25) is 0 Å². The van der Waals surface area contributed by atoms with Crippen molar-refractivity contribution in [3.05, 3.63) is 35.4 Å². The molecule has 0 radical (unpaired) electrons. The predicted molar refractivity (Wildman–Crippen MR) is 79.8 cm³/mol. The van der Waals surface area contributed by atoms with Gasteiger partial charge in [-0.05, 0) is 18.9 Å². The summed E-state index contributed by atoms with van der Waals surface area (Å²) in [5, 5.41) is 3.10. The second-order valence-electron chi connectivity index (χ2n) is 5.06. The van der Waals surface area contributed by atoms with Crippen LogP contribution in [0.4, 0.5) is 0 Å². The molecule has 108 valence electrons. The first kappa shape index (κ1) is 16.1. The van der Waals surface area contributed by atoms with Crippen LogP contribution in [-0.4, -0.2) is 33.3 Å². The molecule has 0 amide bonds. The lowest BCUT2D eigenvalue weighted by Gasteiger charge is -2.10. The molecule has 0 aliphatic heterocycles. The van der Waals surface area contributed by atoms with E-state index in [9.17, 15) is 8.42 Å². The van der Waals surface area contributed by atoms with Crippen molar-refractivity contribution >= 4 is 10.0 Å². The van der Waals surface area contributed by atoms with Gasteiger partial charge in [0.2, 0.25) is 10.0 Å². The topological polar surface area (TPSA) is 58.2 Å². The summed E-state index contributed by atoms with van der Waals surface area (Å²) < 4.78 is 26.1. The summed E-state index contributed by atoms with van der Waals surface area (Å²) in [6.45, 7) is 6.96. The summed E-state index contributed by atoms with van der Waals surface area (Å²) in [6, 6.07) is 8.43. The third kappa shape index (κ3) is 7.30. The molecule has 0 spiro atoms. The molecule has 1 rings (SSSR count). The molecule has 0 bridgehead atoms. The minimum absolute atomic E-state index is 0.124. The van der Waals surface area contributed by atoms with Gasteiger partial charge in [0.15, 0.2) is 0 Å². The predicted octanol–water partition coefficient (Wildman–Crippen LogP) is 1.45. The van der Waals surface area contributed by atoms with Crippen LogP contribution in [0.2, 0.25) is 0 Å². The Hall–Kier alpha value is -0.910. The van der Waals surface area contributed by atoms with Crippen LogP contribution in [0.1, 0.15) is 25.0 Å². The van der Waals surface area contributed by atoms with Crippen LogP contribution >= 0.6 is 0 Å². The van der Waals surface area contributed by atoms with Crippen molar-refractivity contribution in [1.29, 1.82) is 0 Å². The van der Waals surface area contributed by atoms with Gasteiger partial charge in [0.1, 0.15) is 0 Å². The van der Waals surface area contributed by atoms with Crippen LogP contribution in [0.15, 0.2) is 24.3 Å². The van der Waals surface area contributed by atoms with Gasteiger partial charge in [0, 0.05) is 19.1 Å². The molecule has 19 heavy (non-hydrogen) atoms. The smallest absolute Gasteiger partial charge is 0.212 e. The summed E-state index contributed by atoms with van der Waals surface area (Å²) in [4.78, 5) is 0. The van der Waals surface area contributed by atoms with E-state index in [4.69, 9.17) is 0 Å². The van der Waals surface area contributed by atoms with Gasteiger partial charge < -0.3 is 5.32 Å². The van der Waals surface area contributed by atoms with Crippen molar-refractivity contribution in [2.45, 2.75) is 33.2 Å². The molecule has 0 unspecified atom stereocenters. The minimum atomic E-state index is -3.17. The van der Waals surface area contributed by atoms with Crippen LogP contribution in [-0.2, 0) is 16.4 Å². The van der Waals surface area contributed by atoms with Crippen molar-refractivity contribution in [2.75, 3.05) is 18.8 Å². The van der Waals surface area contributed by atoms with Gasteiger partial charge in [-0.1, -0.05) is 43.7 Å². The second kappa shape index (κ2) is 7.62. The van der Waals surface area contributed by atoms with E-state index in [-0.39, 0.29) is 5.75 Å². The van der Waals surface area contributed by atoms with E-state index < -0.39 is 10.0 Å². The Labute approximate surface area is 116 Å². The Morgan fingerprint density at radius 1 is 1.21 bits per heavy atom. The first-order chi connectivity index (χ1) is 8.89. The molecule has 0 saturated heterocycles. The summed E-state index contributed by atoms with van der Waals surface area (Å²) in [5.41, 5.74) is 2.35. The summed E-state index contributed by atoms with van der Waals surface area (Å²) in [7, 11) is -3.17. The highest BCUT2D eigenvalue weighted by Crippen LogP contribution is 2.04. The Morgan fingerprint density at radius 2 is 1.95 bits per heavy atom. The molecule has 0 fully saturated rings. The Balaban J connectivity index is 2.31. The number of sulfonamides is 1. The summed E-state index contributed by atoms with van der Waals surface area (Å²) in [6.07, 6.45) is 0.721. The maximum absolute atomic E-state index is 11.7. The number of aryl methyl sites for hydroxylation is 1. The highest BCUT2D eigenvalue weighted by atomic mass is 32.2. The molecule has 4 nitrogen and oxygen atoms in total. The van der Waals surface area contributed by atoms with Gasteiger partial charge >= 0.3 is 0 Å². The van der Waals surface area contributed by atoms with E-state index in [0.29, 0.717) is 19.1 Å². The average molecular weight is 284 g/mol. The fraction of sp³-hybridized carbons (Fsp3) is 0.571. The van der Waals surface area contributed by atoms with E-state index in [2.05, 4.69) is 16.1 Å². The third-order valence-electron chi connectivity index (χ3n) is 2.74. The molecule has 5 heteroatoms. The SMILES string of the molecule is Cc1cccc(CCNS(=O)(=O)CCNC(C)C)c1. The molecule has 2 N–H and O–H groups in total. The van der Waals surface area contributed by atoms with Gasteiger partial charge in [0.25, 0.3) is 0 Å². The summed E-state index contributed by atoms with van der Waals surface area (Å²) in [5.74, 6) is 0.124. The van der Waals surface area contributed by atoms with Crippen molar-refractivity contribution < 1.29 is 8.42 Å². The lowest BCUT2D eigenvalue weighted by Crippen LogP contribution is -2.35. The lowest BCUT2D eigenvalue weighted by molar-refractivity contribution is 0.567. The Bertz CT molecular complexity index is 484. The van der Waals surface area contributed by atoms with Crippen molar-refractivity contribution in [3.63, 3.8) is 0 Å². The number of benzene rings is 1. The fourth-order valence-electron chi connectivity index (χ4n) is 1.77. The monoisotopic (exact) mass is 284 g/mol. The number of nitrogens with one attached hydrogen (secondary N) is 2. The van der Waals surface area contributed by atoms with Crippen LogP contribution in [0, 0.1) is 6.92 Å². The molecule has 1 aromatic rings. The fourth-order valence-corrected chi connectivity index (χ4v) is 2.72. The zero-order valence-corrected chi connectivity index (χ0v) is 12.8. The van der Waals surface area contributed by atoms with E-state index in [1.165, 1.54) is 5.56 Å². The maximum atomic E-state index is 11.7. The maximum Gasteiger partial charge on any atom is 0.212 e. The van der Waals surface area contributed by atoms with Gasteiger partial charge in [-0.2, -0.15) is 0 Å². The minimum Gasteiger partial charge on any atom is -0.313 e. The molecule has 1 aromatic carbocycles. The molecule has 0 atom stereocenters. The number of rotatable bonds is 8. The van der Waals surface area contributed by atoms with Crippen molar-refractivity contribution in [2.24, 2.45) is 0 Å². The van der Waals surface area contributed by atoms with Crippen LogP contribution < -0.4 is 10.0 Å². The Kier molecular flexibility index (Phi) is 6.48. The largest absolute Gasteiger partial charge is 0.313 e. The average Bonchev–Trinajstić information content (AvgIpc) is 2.27. The highest BCUT2D eigenvalue weighted by Gasteiger charge is 2.09. The molecule has 0 heterocycles. The van der Waals surface area contributed by atoms with Crippen LogP contribution in [0.25, 0.3) is 0 Å². The van der Waals surface area contributed by atoms with E-state index in [1.54, 1.807) is 0 Å². The van der Waals surface area contributed by atoms with Crippen molar-refractivity contribution in [3.8, 4) is 0 Å². The van der Waals surface area contributed by atoms with Crippen LogP contribution in [0.3, 0.4) is 0 Å². The molecule has 0 aromatic heterocycles. The first-order valence-corrected chi connectivity index (χ1v) is 8.30. The standard InChI is InChI=1S/C14H24N2O2S/c1-12(2)15-9-10-19(17,18)16-8-7-14-6-4-5-13(3)11-14/h4-6,11-12,15-16H,7-10H2,1-3H3. The number of hydrogen-bond acceptors (Lipinski definition) is 3. The van der Waals surface area contributed by atoms with Gasteiger partial charge in [0.05, 0.1) is 5.75 Å². The second-order valence-corrected chi connectivity index (χ2v) is 6.99. The van der Waals surface area contributed by atoms with E-state index >= 15 is 0 Å². The van der Waals surface area contributed by atoms with E-state index in [0.717, 1.165) is 12.0 Å². The normalized spacial score (nSPS) is 12.0. The zero-order valence-electron chi connectivity index (χ0n) is 11.9. The molecule has 0 aliphatic carbocycles. The lowest BCUT2D eigenvalue weighted by atomic mass is 10.1. The van der Waals surface area contributed by atoms with Crippen LogP contribution in [0.5, 0.6) is 0 Å². The number of hydrogen-bond donors (Lipinski definition) is 2. The first-order valence-electron chi connectivity index (χ1n) is 6.65. The molecule has 0 saturated carbocycles. The molecular formula is C14H24N2O2S.